The number of imide groups is 1. The number of anilines is 2. The molecule has 1 N–H and O–H groups in total. The molecular formula is C21H20F3N5O5. The summed E-state index contributed by atoms with van der Waals surface area (Å²) >= 11 is 0. The number of alkyl halides is 3. The molecular weight excluding hydrogens is 459 g/mol. The van der Waals surface area contributed by atoms with Gasteiger partial charge in [-0.25, -0.2) is 19.5 Å². The highest BCUT2D eigenvalue weighted by molar-refractivity contribution is 6.12. The molecule has 3 rings (SSSR count). The summed E-state index contributed by atoms with van der Waals surface area (Å²) in [6.07, 6.45) is -3.36. The molecule has 0 radical (unpaired) electrons. The zero-order chi connectivity index (χ0) is 25.0. The van der Waals surface area contributed by atoms with Crippen LogP contribution >= 0.6 is 0 Å². The maximum absolute atomic E-state index is 13.5. The highest BCUT2D eigenvalue weighted by Gasteiger charge is 2.35. The Labute approximate surface area is 191 Å². The molecule has 0 saturated heterocycles. The van der Waals surface area contributed by atoms with Gasteiger partial charge in [0, 0.05) is 18.1 Å². The Kier molecular flexibility index (Phi) is 7.03. The Bertz CT molecular complexity index is 1240. The van der Waals surface area contributed by atoms with Gasteiger partial charge in [-0.15, -0.1) is 0 Å². The number of carbonyl (C=O) groups is 3. The first-order valence-electron chi connectivity index (χ1n) is 9.89. The third-order valence-electron chi connectivity index (χ3n) is 4.64. The van der Waals surface area contributed by atoms with Crippen LogP contribution in [0, 0.1) is 6.92 Å². The molecule has 3 amide bonds. The predicted octanol–water partition coefficient (Wildman–Crippen LogP) is 3.43. The van der Waals surface area contributed by atoms with E-state index < -0.39 is 36.1 Å². The zero-order valence-corrected chi connectivity index (χ0v) is 18.3. The molecule has 0 aliphatic heterocycles. The number of urea groups is 1. The molecule has 13 heteroatoms. The van der Waals surface area contributed by atoms with E-state index >= 15 is 0 Å². The second-order valence-corrected chi connectivity index (χ2v) is 6.98. The molecule has 0 fully saturated rings. The summed E-state index contributed by atoms with van der Waals surface area (Å²) in [5.41, 5.74) is -0.228. The Morgan fingerprint density at radius 3 is 2.65 bits per heavy atom. The fraction of sp³-hybridized carbons (Fsp3) is 0.286. The summed E-state index contributed by atoms with van der Waals surface area (Å²) in [5, 5.41) is 7.05. The van der Waals surface area contributed by atoms with Gasteiger partial charge in [0.15, 0.2) is 12.3 Å². The van der Waals surface area contributed by atoms with Gasteiger partial charge in [-0.1, -0.05) is 0 Å². The number of nitrogens with zero attached hydrogens (tertiary/aromatic N) is 4. The van der Waals surface area contributed by atoms with Crippen LogP contribution in [0.2, 0.25) is 0 Å². The van der Waals surface area contributed by atoms with Crippen LogP contribution in [0.15, 0.2) is 30.5 Å². The zero-order valence-electron chi connectivity index (χ0n) is 18.3. The normalized spacial score (nSPS) is 11.2. The summed E-state index contributed by atoms with van der Waals surface area (Å²) in [4.78, 5) is 40.5. The van der Waals surface area contributed by atoms with E-state index in [1.165, 1.54) is 16.9 Å². The van der Waals surface area contributed by atoms with Crippen molar-refractivity contribution in [2.45, 2.75) is 20.0 Å². The van der Waals surface area contributed by atoms with Gasteiger partial charge in [-0.2, -0.15) is 18.3 Å². The van der Waals surface area contributed by atoms with Gasteiger partial charge < -0.3 is 14.8 Å². The number of amides is 3. The van der Waals surface area contributed by atoms with Gasteiger partial charge in [-0.05, 0) is 38.1 Å². The van der Waals surface area contributed by atoms with Gasteiger partial charge in [0.25, 0.3) is 0 Å². The maximum atomic E-state index is 13.5. The standard InChI is InChI=1S/C21H20F3N5O5/c1-4-33-18(31)10-34-17-6-5-13(7-16(17)21(22,23)24)26-20(32)29(11-30)14-8-15-12(2)27-28(3)19(15)25-9-14/h5-9,11H,4,10H2,1-3H3,(H,26,32). The lowest BCUT2D eigenvalue weighted by Gasteiger charge is -2.18. The number of hydrogen-bond donors (Lipinski definition) is 1. The molecule has 3 aromatic rings. The summed E-state index contributed by atoms with van der Waals surface area (Å²) < 4.78 is 51.7. The minimum atomic E-state index is -4.85. The predicted molar refractivity (Wildman–Crippen MR) is 114 cm³/mol. The number of ether oxygens (including phenoxy) is 2. The largest absolute Gasteiger partial charge is 0.481 e. The molecule has 0 atom stereocenters. The minimum Gasteiger partial charge on any atom is -0.481 e. The number of rotatable bonds is 7. The van der Waals surface area contributed by atoms with Gasteiger partial charge in [0.1, 0.15) is 5.75 Å². The maximum Gasteiger partial charge on any atom is 0.420 e. The van der Waals surface area contributed by atoms with E-state index in [0.717, 1.165) is 12.1 Å². The molecule has 1 aromatic carbocycles. The lowest BCUT2D eigenvalue weighted by atomic mass is 10.1. The molecule has 0 saturated carbocycles. The molecule has 10 nitrogen and oxygen atoms in total. The second kappa shape index (κ2) is 9.77. The highest BCUT2D eigenvalue weighted by Crippen LogP contribution is 2.38. The lowest BCUT2D eigenvalue weighted by molar-refractivity contribution is -0.147. The fourth-order valence-corrected chi connectivity index (χ4v) is 3.13. The number of halogens is 3. The van der Waals surface area contributed by atoms with Crippen molar-refractivity contribution >= 4 is 40.8 Å². The summed E-state index contributed by atoms with van der Waals surface area (Å²) in [6.45, 7) is 2.61. The molecule has 34 heavy (non-hydrogen) atoms. The van der Waals surface area contributed by atoms with Crippen molar-refractivity contribution in [3.63, 3.8) is 0 Å². The number of fused-ring (bicyclic) bond motifs is 1. The van der Waals surface area contributed by atoms with E-state index in [2.05, 4.69) is 20.1 Å². The number of pyridine rings is 1. The van der Waals surface area contributed by atoms with Crippen LogP contribution in [0.4, 0.5) is 29.3 Å². The van der Waals surface area contributed by atoms with Crippen molar-refractivity contribution < 1.29 is 37.0 Å². The van der Waals surface area contributed by atoms with Crippen LogP contribution in [-0.2, 0) is 27.5 Å². The minimum absolute atomic E-state index is 0.0509. The molecule has 2 aromatic heterocycles. The van der Waals surface area contributed by atoms with Crippen molar-refractivity contribution in [1.29, 1.82) is 0 Å². The molecule has 0 unspecified atom stereocenters. The number of aromatic nitrogens is 3. The number of nitrogens with one attached hydrogen (secondary N) is 1. The van der Waals surface area contributed by atoms with Crippen molar-refractivity contribution in [2.24, 2.45) is 7.05 Å². The first kappa shape index (κ1) is 24.5. The highest BCUT2D eigenvalue weighted by atomic mass is 19.4. The summed E-state index contributed by atoms with van der Waals surface area (Å²) in [5.74, 6) is -1.45. The van der Waals surface area contributed by atoms with E-state index in [1.807, 2.05) is 0 Å². The van der Waals surface area contributed by atoms with Gasteiger partial charge >= 0.3 is 18.2 Å². The third kappa shape index (κ3) is 5.24. The van der Waals surface area contributed by atoms with Gasteiger partial charge in [0.2, 0.25) is 6.41 Å². The number of aryl methyl sites for hydroxylation is 2. The van der Waals surface area contributed by atoms with Crippen LogP contribution < -0.4 is 15.0 Å². The van der Waals surface area contributed by atoms with E-state index in [4.69, 9.17) is 4.74 Å². The van der Waals surface area contributed by atoms with Crippen LogP contribution in [0.5, 0.6) is 5.75 Å². The molecule has 0 bridgehead atoms. The molecule has 180 valence electrons. The number of esters is 1. The first-order valence-corrected chi connectivity index (χ1v) is 9.89. The van der Waals surface area contributed by atoms with Crippen molar-refractivity contribution in [1.82, 2.24) is 14.8 Å². The third-order valence-corrected chi connectivity index (χ3v) is 4.64. The van der Waals surface area contributed by atoms with Crippen molar-refractivity contribution in [2.75, 3.05) is 23.4 Å². The van der Waals surface area contributed by atoms with Crippen molar-refractivity contribution in [3.05, 3.63) is 41.7 Å². The Morgan fingerprint density at radius 1 is 1.26 bits per heavy atom. The quantitative estimate of drug-likeness (QED) is 0.408. The van der Waals surface area contributed by atoms with Gasteiger partial charge in [0.05, 0.1) is 29.7 Å². The van der Waals surface area contributed by atoms with E-state index in [-0.39, 0.29) is 24.4 Å². The summed E-state index contributed by atoms with van der Waals surface area (Å²) in [7, 11) is 1.69. The Morgan fingerprint density at radius 2 is 2.00 bits per heavy atom. The average Bonchev–Trinajstić information content (AvgIpc) is 3.06. The molecule has 0 spiro atoms. The number of hydrogen-bond acceptors (Lipinski definition) is 7. The number of benzene rings is 1. The fourth-order valence-electron chi connectivity index (χ4n) is 3.13. The van der Waals surface area contributed by atoms with E-state index in [1.54, 1.807) is 20.9 Å². The molecule has 0 aliphatic rings. The first-order chi connectivity index (χ1) is 16.0. The smallest absolute Gasteiger partial charge is 0.420 e. The van der Waals surface area contributed by atoms with Crippen LogP contribution in [0.1, 0.15) is 18.2 Å². The second-order valence-electron chi connectivity index (χ2n) is 6.98. The van der Waals surface area contributed by atoms with E-state index in [0.29, 0.717) is 27.7 Å². The van der Waals surface area contributed by atoms with Gasteiger partial charge in [-0.3, -0.25) is 9.48 Å². The van der Waals surface area contributed by atoms with Crippen LogP contribution in [0.3, 0.4) is 0 Å². The Balaban J connectivity index is 1.84. The number of carbonyl (C=O) groups excluding carboxylic acids is 3. The SMILES string of the molecule is CCOC(=O)COc1ccc(NC(=O)N(C=O)c2cnc3c(c2)c(C)nn3C)cc1C(F)(F)F. The van der Waals surface area contributed by atoms with Crippen LogP contribution in [-0.4, -0.2) is 46.4 Å². The van der Waals surface area contributed by atoms with Crippen molar-refractivity contribution in [3.8, 4) is 5.75 Å². The summed E-state index contributed by atoms with van der Waals surface area (Å²) in [6, 6.07) is 3.24. The Hall–Kier alpha value is -4.16. The monoisotopic (exact) mass is 479 g/mol. The average molecular weight is 479 g/mol. The molecule has 2 heterocycles. The lowest BCUT2D eigenvalue weighted by Crippen LogP contribution is -2.34. The van der Waals surface area contributed by atoms with Crippen LogP contribution in [0.25, 0.3) is 11.0 Å². The molecule has 0 aliphatic carbocycles. The topological polar surface area (TPSA) is 116 Å². The van der Waals surface area contributed by atoms with E-state index in [9.17, 15) is 27.6 Å².